The van der Waals surface area contributed by atoms with Crippen molar-refractivity contribution in [1.29, 1.82) is 0 Å². The summed E-state index contributed by atoms with van der Waals surface area (Å²) in [5.41, 5.74) is -5.32. The first kappa shape index (κ1) is 19.7. The number of alkyl halides is 3. The topological polar surface area (TPSA) is 43.4 Å². The van der Waals surface area contributed by atoms with E-state index >= 15 is 0 Å². The number of hydrogen-bond acceptors (Lipinski definition) is 3. The van der Waals surface area contributed by atoms with Crippen molar-refractivity contribution in [2.75, 3.05) is 0 Å². The van der Waals surface area contributed by atoms with E-state index in [4.69, 9.17) is 0 Å². The summed E-state index contributed by atoms with van der Waals surface area (Å²) in [6, 6.07) is 18.3. The fourth-order valence-electron chi connectivity index (χ4n) is 2.79. The van der Waals surface area contributed by atoms with Gasteiger partial charge in [-0.15, -0.1) is 0 Å². The number of rotatable bonds is 4. The molecule has 28 heavy (non-hydrogen) atoms. The molecule has 3 nitrogen and oxygen atoms in total. The minimum atomic E-state index is -5.87. The summed E-state index contributed by atoms with van der Waals surface area (Å²) in [4.78, 5) is 0. The van der Waals surface area contributed by atoms with E-state index in [2.05, 4.69) is 10.8 Å². The normalized spacial score (nSPS) is 14.0. The van der Waals surface area contributed by atoms with E-state index in [0.717, 1.165) is 5.39 Å². The monoisotopic (exact) mass is 404 g/mol. The lowest BCUT2D eigenvalue weighted by Crippen LogP contribution is -2.32. The van der Waals surface area contributed by atoms with Gasteiger partial charge in [-0.05, 0) is 16.0 Å². The number of halogens is 3. The van der Waals surface area contributed by atoms with Gasteiger partial charge in [0.05, 0.1) is 0 Å². The average molecular weight is 404 g/mol. The van der Waals surface area contributed by atoms with Crippen LogP contribution in [0.25, 0.3) is 22.6 Å². The third-order valence-electron chi connectivity index (χ3n) is 4.01. The van der Waals surface area contributed by atoms with Crippen LogP contribution in [-0.4, -0.2) is 13.9 Å². The molecule has 0 saturated carbocycles. The van der Waals surface area contributed by atoms with Crippen LogP contribution < -0.4 is 10.4 Å². The van der Waals surface area contributed by atoms with Crippen LogP contribution in [0.1, 0.15) is 5.56 Å². The van der Waals surface area contributed by atoms with Gasteiger partial charge < -0.3 is 4.18 Å². The largest absolute Gasteiger partial charge is 0.534 e. The van der Waals surface area contributed by atoms with Crippen molar-refractivity contribution >= 4 is 32.7 Å². The Morgan fingerprint density at radius 3 is 2.29 bits per heavy atom. The van der Waals surface area contributed by atoms with Crippen LogP contribution in [0.15, 0.2) is 79.4 Å². The second-order valence-corrected chi connectivity index (χ2v) is 7.37. The Labute approximate surface area is 159 Å². The van der Waals surface area contributed by atoms with Gasteiger partial charge >= 0.3 is 15.6 Å². The van der Waals surface area contributed by atoms with Crippen molar-refractivity contribution in [1.82, 2.24) is 0 Å². The van der Waals surface area contributed by atoms with Crippen LogP contribution in [0, 0.1) is 0 Å². The van der Waals surface area contributed by atoms with Crippen molar-refractivity contribution in [2.45, 2.75) is 5.51 Å². The van der Waals surface area contributed by atoms with Crippen LogP contribution in [0.3, 0.4) is 0 Å². The Morgan fingerprint density at radius 1 is 0.929 bits per heavy atom. The predicted molar refractivity (Wildman–Crippen MR) is 103 cm³/mol. The molecule has 3 aromatic carbocycles. The van der Waals surface area contributed by atoms with E-state index in [1.807, 2.05) is 0 Å². The molecule has 0 N–H and O–H groups in total. The second-order valence-electron chi connectivity index (χ2n) is 5.83. The molecule has 0 fully saturated rings. The summed E-state index contributed by atoms with van der Waals surface area (Å²) in [6.45, 7) is 3.59. The lowest BCUT2D eigenvalue weighted by atomic mass is 10.0. The zero-order chi connectivity index (χ0) is 20.4. The van der Waals surface area contributed by atoms with Gasteiger partial charge in [0, 0.05) is 10.8 Å². The molecule has 0 radical (unpaired) electrons. The predicted octanol–water partition coefficient (Wildman–Crippen LogP) is 3.83. The van der Waals surface area contributed by atoms with E-state index in [-0.39, 0.29) is 10.8 Å². The summed E-state index contributed by atoms with van der Waals surface area (Å²) in [5.74, 6) is -0.400. The smallest absolute Gasteiger partial charge is 0.375 e. The van der Waals surface area contributed by atoms with Crippen molar-refractivity contribution < 1.29 is 25.8 Å². The van der Waals surface area contributed by atoms with Gasteiger partial charge in [0.25, 0.3) is 0 Å². The van der Waals surface area contributed by atoms with Crippen molar-refractivity contribution in [3.8, 4) is 0 Å². The van der Waals surface area contributed by atoms with E-state index in [0.29, 0.717) is 10.6 Å². The molecule has 144 valence electrons. The summed E-state index contributed by atoms with van der Waals surface area (Å²) in [5, 5.41) is 1.96. The fourth-order valence-corrected chi connectivity index (χ4v) is 3.28. The molecular formula is C21H15F3O3S. The van der Waals surface area contributed by atoms with Crippen molar-refractivity contribution in [3.63, 3.8) is 0 Å². The number of benzene rings is 3. The number of allylic oxidation sites excluding steroid dienone is 1. The minimum Gasteiger partial charge on any atom is -0.375 e. The third kappa shape index (κ3) is 3.80. The SMILES string of the molecule is C=C/C=c1/cccc/c1=C(\OS(=O)(=O)C(F)(F)F)c1cccc2ccccc12. The van der Waals surface area contributed by atoms with Crippen LogP contribution in [0.2, 0.25) is 0 Å². The molecule has 0 aromatic heterocycles. The Hall–Kier alpha value is -3.06. The fraction of sp³-hybridized carbons (Fsp3) is 0.0476. The first-order chi connectivity index (χ1) is 13.2. The average Bonchev–Trinajstić information content (AvgIpc) is 2.66. The highest BCUT2D eigenvalue weighted by Crippen LogP contribution is 2.31. The lowest BCUT2D eigenvalue weighted by molar-refractivity contribution is -0.0509. The van der Waals surface area contributed by atoms with Gasteiger partial charge in [-0.2, -0.15) is 21.6 Å². The Bertz CT molecular complexity index is 1250. The van der Waals surface area contributed by atoms with Crippen LogP contribution in [-0.2, 0) is 14.3 Å². The third-order valence-corrected chi connectivity index (χ3v) is 4.97. The molecule has 0 amide bonds. The molecule has 0 spiro atoms. The molecule has 3 rings (SSSR count). The summed E-state index contributed by atoms with van der Waals surface area (Å²) < 4.78 is 67.4. The Kier molecular flexibility index (Phi) is 5.29. The molecular weight excluding hydrogens is 389 g/mol. The first-order valence-corrected chi connectivity index (χ1v) is 9.56. The van der Waals surface area contributed by atoms with Gasteiger partial charge in [0.1, 0.15) is 0 Å². The standard InChI is InChI=1S/C21H15F3O3S/c1-2-8-15-9-4-6-13-18(15)20(27-28(25,26)21(22,23)24)19-14-7-11-16-10-3-5-12-17(16)19/h2-14H,1H2/b15-8-,20-18+. The molecule has 0 bridgehead atoms. The summed E-state index contributed by atoms with van der Waals surface area (Å²) in [6.07, 6.45) is 3.02. The molecule has 7 heteroatoms. The zero-order valence-corrected chi connectivity index (χ0v) is 15.3. The molecule has 3 aromatic rings. The first-order valence-electron chi connectivity index (χ1n) is 8.15. The van der Waals surface area contributed by atoms with E-state index in [1.165, 1.54) is 18.2 Å². The molecule has 0 atom stereocenters. The van der Waals surface area contributed by atoms with E-state index in [9.17, 15) is 21.6 Å². The second kappa shape index (κ2) is 7.52. The zero-order valence-electron chi connectivity index (χ0n) is 14.5. The highest BCUT2D eigenvalue weighted by molar-refractivity contribution is 7.87. The van der Waals surface area contributed by atoms with Gasteiger partial charge in [0.2, 0.25) is 0 Å². The van der Waals surface area contributed by atoms with E-state index < -0.39 is 21.4 Å². The molecule has 0 heterocycles. The van der Waals surface area contributed by atoms with Crippen LogP contribution in [0.5, 0.6) is 0 Å². The Balaban J connectivity index is 2.46. The summed E-state index contributed by atoms with van der Waals surface area (Å²) >= 11 is 0. The maximum Gasteiger partial charge on any atom is 0.534 e. The lowest BCUT2D eigenvalue weighted by Gasteiger charge is -2.15. The number of fused-ring (bicyclic) bond motifs is 1. The van der Waals surface area contributed by atoms with Crippen molar-refractivity contribution in [3.05, 3.63) is 95.4 Å². The van der Waals surface area contributed by atoms with Crippen molar-refractivity contribution in [2.24, 2.45) is 0 Å². The quantitative estimate of drug-likeness (QED) is 0.490. The minimum absolute atomic E-state index is 0.201. The van der Waals surface area contributed by atoms with Gasteiger partial charge in [-0.1, -0.05) is 85.5 Å². The maximum atomic E-state index is 13.0. The van der Waals surface area contributed by atoms with Gasteiger partial charge in [-0.3, -0.25) is 0 Å². The molecule has 0 aliphatic carbocycles. The van der Waals surface area contributed by atoms with E-state index in [1.54, 1.807) is 60.7 Å². The maximum absolute atomic E-state index is 13.0. The molecule has 0 aliphatic rings. The summed E-state index contributed by atoms with van der Waals surface area (Å²) in [7, 11) is -5.87. The highest BCUT2D eigenvalue weighted by atomic mass is 32.2. The van der Waals surface area contributed by atoms with Crippen LogP contribution >= 0.6 is 0 Å². The van der Waals surface area contributed by atoms with Crippen LogP contribution in [0.4, 0.5) is 13.2 Å². The van der Waals surface area contributed by atoms with Gasteiger partial charge in [-0.25, -0.2) is 0 Å². The number of hydrogen-bond donors (Lipinski definition) is 0. The molecule has 0 unspecified atom stereocenters. The van der Waals surface area contributed by atoms with Gasteiger partial charge in [0.15, 0.2) is 5.76 Å². The Morgan fingerprint density at radius 2 is 1.57 bits per heavy atom. The molecule has 0 aliphatic heterocycles. The highest BCUT2D eigenvalue weighted by Gasteiger charge is 2.49. The molecule has 0 saturated heterocycles.